The molecule has 1 heterocycles. The second-order valence-electron chi connectivity index (χ2n) is 2.13. The summed E-state index contributed by atoms with van der Waals surface area (Å²) >= 11 is 0. The Morgan fingerprint density at radius 1 is 1.60 bits per heavy atom. The van der Waals surface area contributed by atoms with Crippen molar-refractivity contribution in [1.29, 1.82) is 0 Å². The van der Waals surface area contributed by atoms with E-state index in [9.17, 15) is 5.21 Å². The van der Waals surface area contributed by atoms with Crippen LogP contribution in [0.25, 0.3) is 6.08 Å². The number of hydrogen-bond acceptors (Lipinski definition) is 1. The molecule has 0 bridgehead atoms. The fourth-order valence-electron chi connectivity index (χ4n) is 0.691. The summed E-state index contributed by atoms with van der Waals surface area (Å²) in [6.45, 7) is 5.31. The minimum Gasteiger partial charge on any atom is -0.618 e. The topological polar surface area (TPSA) is 26.9 Å². The predicted molar refractivity (Wildman–Crippen MR) is 40.2 cm³/mol. The third kappa shape index (κ3) is 1.16. The van der Waals surface area contributed by atoms with Crippen LogP contribution in [-0.2, 0) is 0 Å². The smallest absolute Gasteiger partial charge is 0.189 e. The summed E-state index contributed by atoms with van der Waals surface area (Å²) in [6.07, 6.45) is 3.15. The van der Waals surface area contributed by atoms with E-state index in [0.29, 0.717) is 5.69 Å². The first-order chi connectivity index (χ1) is 4.74. The zero-order valence-electron chi connectivity index (χ0n) is 5.87. The maximum Gasteiger partial charge on any atom is 0.189 e. The van der Waals surface area contributed by atoms with Crippen molar-refractivity contribution in [2.24, 2.45) is 0 Å². The van der Waals surface area contributed by atoms with Gasteiger partial charge in [0.2, 0.25) is 0 Å². The van der Waals surface area contributed by atoms with Crippen LogP contribution in [0.5, 0.6) is 0 Å². The number of aromatic nitrogens is 1. The van der Waals surface area contributed by atoms with Crippen molar-refractivity contribution in [2.75, 3.05) is 0 Å². The van der Waals surface area contributed by atoms with E-state index < -0.39 is 0 Å². The minimum absolute atomic E-state index is 0.700. The van der Waals surface area contributed by atoms with Crippen LogP contribution < -0.4 is 4.73 Å². The highest BCUT2D eigenvalue weighted by molar-refractivity contribution is 5.43. The molecule has 1 aromatic rings. The average molecular weight is 135 g/mol. The second-order valence-corrected chi connectivity index (χ2v) is 2.13. The van der Waals surface area contributed by atoms with E-state index in [2.05, 4.69) is 6.58 Å². The van der Waals surface area contributed by atoms with E-state index in [1.165, 1.54) is 6.20 Å². The van der Waals surface area contributed by atoms with Gasteiger partial charge in [-0.25, -0.2) is 0 Å². The van der Waals surface area contributed by atoms with Gasteiger partial charge in [-0.2, -0.15) is 4.73 Å². The second kappa shape index (κ2) is 2.52. The van der Waals surface area contributed by atoms with Crippen LogP contribution in [0.1, 0.15) is 11.3 Å². The van der Waals surface area contributed by atoms with Gasteiger partial charge in [-0.1, -0.05) is 12.7 Å². The first kappa shape index (κ1) is 6.81. The van der Waals surface area contributed by atoms with Crippen molar-refractivity contribution in [3.05, 3.63) is 41.4 Å². The van der Waals surface area contributed by atoms with Crippen molar-refractivity contribution in [1.82, 2.24) is 0 Å². The van der Waals surface area contributed by atoms with Crippen molar-refractivity contribution >= 4 is 6.08 Å². The first-order valence-electron chi connectivity index (χ1n) is 3.06. The third-order valence-corrected chi connectivity index (χ3v) is 1.37. The minimum atomic E-state index is 0.700. The van der Waals surface area contributed by atoms with Crippen molar-refractivity contribution in [3.8, 4) is 0 Å². The largest absolute Gasteiger partial charge is 0.618 e. The Kier molecular flexibility index (Phi) is 1.71. The highest BCUT2D eigenvalue weighted by Crippen LogP contribution is 1.97. The molecule has 0 saturated carbocycles. The molecule has 0 aliphatic heterocycles. The zero-order valence-corrected chi connectivity index (χ0v) is 5.87. The molecule has 0 spiro atoms. The molecule has 1 aromatic heterocycles. The van der Waals surface area contributed by atoms with Crippen LogP contribution in [0.15, 0.2) is 24.9 Å². The van der Waals surface area contributed by atoms with Gasteiger partial charge in [-0.05, 0) is 6.07 Å². The zero-order chi connectivity index (χ0) is 7.56. The van der Waals surface area contributed by atoms with Crippen molar-refractivity contribution in [3.63, 3.8) is 0 Å². The molecule has 52 valence electrons. The van der Waals surface area contributed by atoms with Crippen LogP contribution in [0, 0.1) is 12.1 Å². The molecule has 0 N–H and O–H groups in total. The lowest BCUT2D eigenvalue weighted by Gasteiger charge is -1.99. The third-order valence-electron chi connectivity index (χ3n) is 1.37. The van der Waals surface area contributed by atoms with Gasteiger partial charge in [0.05, 0.1) is 0 Å². The van der Waals surface area contributed by atoms with Crippen molar-refractivity contribution in [2.45, 2.75) is 6.92 Å². The Morgan fingerprint density at radius 2 is 2.30 bits per heavy atom. The van der Waals surface area contributed by atoms with Gasteiger partial charge < -0.3 is 5.21 Å². The molecular weight excluding hydrogens is 126 g/mol. The predicted octanol–water partition coefficient (Wildman–Crippen LogP) is 1.27. The van der Waals surface area contributed by atoms with Crippen LogP contribution >= 0.6 is 0 Å². The number of rotatable bonds is 1. The summed E-state index contributed by atoms with van der Waals surface area (Å²) in [6, 6.07) is 3.63. The molecule has 0 aliphatic carbocycles. The standard InChI is InChI=1S/C8H9NO/c1-3-8-5-4-7(2)9(10)6-8/h3-6H,1H2,2H3. The molecule has 0 atom stereocenters. The monoisotopic (exact) mass is 135 g/mol. The summed E-state index contributed by atoms with van der Waals surface area (Å²) in [4.78, 5) is 0. The molecule has 0 unspecified atom stereocenters. The number of hydrogen-bond donors (Lipinski definition) is 0. The van der Waals surface area contributed by atoms with Gasteiger partial charge in [0, 0.05) is 18.6 Å². The van der Waals surface area contributed by atoms with Gasteiger partial charge in [-0.3, -0.25) is 0 Å². The molecule has 10 heavy (non-hydrogen) atoms. The summed E-state index contributed by atoms with van der Waals surface area (Å²) in [5.41, 5.74) is 1.55. The highest BCUT2D eigenvalue weighted by atomic mass is 16.5. The highest BCUT2D eigenvalue weighted by Gasteiger charge is 1.96. The SMILES string of the molecule is C=Cc1ccc(C)[n+]([O-])c1. The summed E-state index contributed by atoms with van der Waals surface area (Å²) < 4.78 is 0.830. The van der Waals surface area contributed by atoms with Crippen LogP contribution in [-0.4, -0.2) is 0 Å². The van der Waals surface area contributed by atoms with Crippen molar-refractivity contribution < 1.29 is 4.73 Å². The quantitative estimate of drug-likeness (QED) is 0.421. The lowest BCUT2D eigenvalue weighted by molar-refractivity contribution is -0.612. The molecule has 0 aliphatic rings. The molecule has 2 nitrogen and oxygen atoms in total. The number of pyridine rings is 1. The molecule has 2 heteroatoms. The molecule has 0 saturated heterocycles. The number of aryl methyl sites for hydroxylation is 1. The lowest BCUT2D eigenvalue weighted by Crippen LogP contribution is -2.29. The van der Waals surface area contributed by atoms with E-state index in [1.807, 2.05) is 6.07 Å². The van der Waals surface area contributed by atoms with E-state index >= 15 is 0 Å². The first-order valence-corrected chi connectivity index (χ1v) is 3.06. The molecule has 0 aromatic carbocycles. The van der Waals surface area contributed by atoms with E-state index in [4.69, 9.17) is 0 Å². The summed E-state index contributed by atoms with van der Waals surface area (Å²) in [5.74, 6) is 0. The average Bonchev–Trinajstić information content (AvgIpc) is 1.95. The van der Waals surface area contributed by atoms with E-state index in [0.717, 1.165) is 10.3 Å². The van der Waals surface area contributed by atoms with Gasteiger partial charge >= 0.3 is 0 Å². The van der Waals surface area contributed by atoms with Crippen LogP contribution in [0.4, 0.5) is 0 Å². The van der Waals surface area contributed by atoms with Gasteiger partial charge in [-0.15, -0.1) is 0 Å². The fraction of sp³-hybridized carbons (Fsp3) is 0.125. The molecule has 0 fully saturated rings. The lowest BCUT2D eigenvalue weighted by atomic mass is 10.2. The molecule has 0 radical (unpaired) electrons. The Hall–Kier alpha value is -1.31. The van der Waals surface area contributed by atoms with Gasteiger partial charge in [0.15, 0.2) is 11.9 Å². The number of nitrogens with zero attached hydrogens (tertiary/aromatic N) is 1. The maximum absolute atomic E-state index is 10.9. The molecule has 0 amide bonds. The van der Waals surface area contributed by atoms with E-state index in [1.54, 1.807) is 19.1 Å². The normalized spacial score (nSPS) is 9.30. The van der Waals surface area contributed by atoms with E-state index in [-0.39, 0.29) is 0 Å². The summed E-state index contributed by atoms with van der Waals surface area (Å²) in [7, 11) is 0. The Balaban J connectivity index is 3.16. The maximum atomic E-state index is 10.9. The van der Waals surface area contributed by atoms with Gasteiger partial charge in [0.1, 0.15) is 0 Å². The Bertz CT molecular complexity index is 255. The Labute approximate surface area is 60.0 Å². The Morgan fingerprint density at radius 3 is 2.80 bits per heavy atom. The fourth-order valence-corrected chi connectivity index (χ4v) is 0.691. The summed E-state index contributed by atoms with van der Waals surface area (Å²) in [5, 5.41) is 10.9. The molecule has 1 rings (SSSR count). The van der Waals surface area contributed by atoms with Crippen LogP contribution in [0.3, 0.4) is 0 Å². The van der Waals surface area contributed by atoms with Crippen LogP contribution in [0.2, 0.25) is 0 Å². The van der Waals surface area contributed by atoms with Gasteiger partial charge in [0.25, 0.3) is 0 Å². The molecular formula is C8H9NO.